The van der Waals surface area contributed by atoms with Gasteiger partial charge in [0.25, 0.3) is 0 Å². The Morgan fingerprint density at radius 2 is 2.05 bits per heavy atom. The van der Waals surface area contributed by atoms with Crippen LogP contribution in [-0.2, 0) is 16.6 Å². The van der Waals surface area contributed by atoms with Crippen LogP contribution in [0.25, 0.3) is 0 Å². The number of sulfonamides is 1. The molecule has 1 aromatic carbocycles. The van der Waals surface area contributed by atoms with Gasteiger partial charge in [0, 0.05) is 17.6 Å². The van der Waals surface area contributed by atoms with Gasteiger partial charge < -0.3 is 5.73 Å². The highest BCUT2D eigenvalue weighted by Crippen LogP contribution is 2.24. The summed E-state index contributed by atoms with van der Waals surface area (Å²) in [5.74, 6) is 0. The molecule has 114 valence electrons. The van der Waals surface area contributed by atoms with Crippen molar-refractivity contribution in [2.75, 3.05) is 0 Å². The summed E-state index contributed by atoms with van der Waals surface area (Å²) < 4.78 is 27.6. The Bertz CT molecular complexity index is 559. The lowest BCUT2D eigenvalue weighted by molar-refractivity contribution is 0.534. The Labute approximate surface area is 126 Å². The molecule has 0 radical (unpaired) electrons. The van der Waals surface area contributed by atoms with E-state index in [1.807, 2.05) is 6.92 Å². The standard InChI is InChI=1S/C14H23ClN2O2S/c1-4-5-6-10(2)17-20(18,19)14-8-13(15)7-12(9-16)11(14)3/h7-8,10,17H,4-6,9,16H2,1-3H3. The monoisotopic (exact) mass is 318 g/mol. The topological polar surface area (TPSA) is 72.2 Å². The van der Waals surface area contributed by atoms with E-state index in [2.05, 4.69) is 11.6 Å². The summed E-state index contributed by atoms with van der Waals surface area (Å²) in [5, 5.41) is 0.387. The maximum atomic E-state index is 12.4. The van der Waals surface area contributed by atoms with Crippen LogP contribution < -0.4 is 10.5 Å². The third-order valence-corrected chi connectivity index (χ3v) is 5.22. The first-order valence-electron chi connectivity index (χ1n) is 6.83. The normalized spacial score (nSPS) is 13.4. The molecule has 0 spiro atoms. The molecule has 0 aliphatic rings. The van der Waals surface area contributed by atoms with E-state index in [1.165, 1.54) is 6.07 Å². The Kier molecular flexibility index (Phi) is 6.45. The average molecular weight is 319 g/mol. The first kappa shape index (κ1) is 17.4. The Balaban J connectivity index is 3.06. The van der Waals surface area contributed by atoms with Gasteiger partial charge in [0.05, 0.1) is 4.90 Å². The second-order valence-electron chi connectivity index (χ2n) is 5.06. The van der Waals surface area contributed by atoms with Crippen LogP contribution in [0.3, 0.4) is 0 Å². The molecule has 0 fully saturated rings. The zero-order valence-corrected chi connectivity index (χ0v) is 13.8. The minimum atomic E-state index is -3.57. The first-order valence-corrected chi connectivity index (χ1v) is 8.69. The summed E-state index contributed by atoms with van der Waals surface area (Å²) in [4.78, 5) is 0.216. The molecule has 4 nitrogen and oxygen atoms in total. The predicted molar refractivity (Wildman–Crippen MR) is 83.4 cm³/mol. The minimum absolute atomic E-state index is 0.0975. The highest BCUT2D eigenvalue weighted by molar-refractivity contribution is 7.89. The number of halogens is 1. The molecule has 0 aliphatic heterocycles. The van der Waals surface area contributed by atoms with E-state index in [0.29, 0.717) is 10.6 Å². The average Bonchev–Trinajstić information content (AvgIpc) is 2.37. The Morgan fingerprint density at radius 1 is 1.40 bits per heavy atom. The van der Waals surface area contributed by atoms with E-state index in [1.54, 1.807) is 13.0 Å². The van der Waals surface area contributed by atoms with Crippen molar-refractivity contribution in [1.29, 1.82) is 0 Å². The molecule has 0 saturated carbocycles. The second kappa shape index (κ2) is 7.41. The van der Waals surface area contributed by atoms with Crippen molar-refractivity contribution in [2.24, 2.45) is 5.73 Å². The lowest BCUT2D eigenvalue weighted by Gasteiger charge is -2.17. The predicted octanol–water partition coefficient (Wildman–Crippen LogP) is 2.96. The Hall–Kier alpha value is -0.620. The summed E-state index contributed by atoms with van der Waals surface area (Å²) in [7, 11) is -3.57. The second-order valence-corrected chi connectivity index (χ2v) is 7.18. The van der Waals surface area contributed by atoms with Crippen LogP contribution in [0.4, 0.5) is 0 Å². The third kappa shape index (κ3) is 4.45. The van der Waals surface area contributed by atoms with Gasteiger partial charge in [-0.05, 0) is 43.5 Å². The molecule has 1 atom stereocenters. The van der Waals surface area contributed by atoms with Crippen molar-refractivity contribution in [1.82, 2.24) is 4.72 Å². The molecule has 6 heteroatoms. The fourth-order valence-electron chi connectivity index (χ4n) is 2.10. The van der Waals surface area contributed by atoms with Gasteiger partial charge in [0.15, 0.2) is 0 Å². The maximum absolute atomic E-state index is 12.4. The lowest BCUT2D eigenvalue weighted by Crippen LogP contribution is -2.33. The molecule has 20 heavy (non-hydrogen) atoms. The molecule has 1 aromatic rings. The van der Waals surface area contributed by atoms with Crippen molar-refractivity contribution in [3.8, 4) is 0 Å². The van der Waals surface area contributed by atoms with E-state index in [-0.39, 0.29) is 17.5 Å². The highest BCUT2D eigenvalue weighted by atomic mass is 35.5. The number of hydrogen-bond donors (Lipinski definition) is 2. The first-order chi connectivity index (χ1) is 9.31. The number of benzene rings is 1. The van der Waals surface area contributed by atoms with Gasteiger partial charge in [0.2, 0.25) is 10.0 Å². The molecule has 0 aromatic heterocycles. The molecule has 0 heterocycles. The fraction of sp³-hybridized carbons (Fsp3) is 0.571. The van der Waals surface area contributed by atoms with Crippen molar-refractivity contribution < 1.29 is 8.42 Å². The van der Waals surface area contributed by atoms with Gasteiger partial charge in [-0.25, -0.2) is 13.1 Å². The summed E-state index contributed by atoms with van der Waals surface area (Å²) in [6.45, 7) is 5.97. The van der Waals surface area contributed by atoms with Crippen LogP contribution in [0, 0.1) is 6.92 Å². The molecule has 0 aliphatic carbocycles. The molecule has 3 N–H and O–H groups in total. The fourth-order valence-corrected chi connectivity index (χ4v) is 3.99. The zero-order valence-electron chi connectivity index (χ0n) is 12.2. The van der Waals surface area contributed by atoms with Gasteiger partial charge >= 0.3 is 0 Å². The molecule has 0 bridgehead atoms. The molecular formula is C14H23ClN2O2S. The van der Waals surface area contributed by atoms with Gasteiger partial charge in [-0.2, -0.15) is 0 Å². The van der Waals surface area contributed by atoms with Crippen LogP contribution in [0.5, 0.6) is 0 Å². The van der Waals surface area contributed by atoms with Crippen LogP contribution in [0.1, 0.15) is 44.2 Å². The summed E-state index contributed by atoms with van der Waals surface area (Å²) in [6, 6.07) is 3.08. The van der Waals surface area contributed by atoms with E-state index in [0.717, 1.165) is 24.8 Å². The highest BCUT2D eigenvalue weighted by Gasteiger charge is 2.21. The number of rotatable bonds is 7. The van der Waals surface area contributed by atoms with Crippen molar-refractivity contribution in [3.63, 3.8) is 0 Å². The summed E-state index contributed by atoms with van der Waals surface area (Å²) in [6.07, 6.45) is 2.85. The smallest absolute Gasteiger partial charge is 0.241 e. The quantitative estimate of drug-likeness (QED) is 0.811. The van der Waals surface area contributed by atoms with Crippen molar-refractivity contribution >= 4 is 21.6 Å². The maximum Gasteiger partial charge on any atom is 0.241 e. The number of hydrogen-bond acceptors (Lipinski definition) is 3. The zero-order chi connectivity index (χ0) is 15.3. The lowest BCUT2D eigenvalue weighted by atomic mass is 10.1. The van der Waals surface area contributed by atoms with Crippen LogP contribution in [-0.4, -0.2) is 14.5 Å². The largest absolute Gasteiger partial charge is 0.326 e. The van der Waals surface area contributed by atoms with E-state index in [9.17, 15) is 8.42 Å². The summed E-state index contributed by atoms with van der Waals surface area (Å²) >= 11 is 5.98. The number of unbranched alkanes of at least 4 members (excludes halogenated alkanes) is 1. The molecule has 1 rings (SSSR count). The van der Waals surface area contributed by atoms with Gasteiger partial charge in [0.1, 0.15) is 0 Å². The van der Waals surface area contributed by atoms with Gasteiger partial charge in [-0.3, -0.25) is 0 Å². The molecular weight excluding hydrogens is 296 g/mol. The molecule has 0 amide bonds. The van der Waals surface area contributed by atoms with Gasteiger partial charge in [-0.1, -0.05) is 31.4 Å². The minimum Gasteiger partial charge on any atom is -0.326 e. The molecule has 0 saturated heterocycles. The van der Waals surface area contributed by atoms with E-state index in [4.69, 9.17) is 17.3 Å². The van der Waals surface area contributed by atoms with Crippen molar-refractivity contribution in [3.05, 3.63) is 28.3 Å². The van der Waals surface area contributed by atoms with Crippen LogP contribution in [0.15, 0.2) is 17.0 Å². The van der Waals surface area contributed by atoms with Crippen molar-refractivity contribution in [2.45, 2.75) is 57.5 Å². The van der Waals surface area contributed by atoms with Crippen LogP contribution >= 0.6 is 11.6 Å². The third-order valence-electron chi connectivity index (χ3n) is 3.29. The van der Waals surface area contributed by atoms with Gasteiger partial charge in [-0.15, -0.1) is 0 Å². The number of nitrogens with one attached hydrogen (secondary N) is 1. The Morgan fingerprint density at radius 3 is 2.60 bits per heavy atom. The number of nitrogens with two attached hydrogens (primary N) is 1. The van der Waals surface area contributed by atoms with Crippen LogP contribution in [0.2, 0.25) is 5.02 Å². The molecule has 1 unspecified atom stereocenters. The summed E-state index contributed by atoms with van der Waals surface area (Å²) in [5.41, 5.74) is 7.03. The van der Waals surface area contributed by atoms with E-state index >= 15 is 0 Å². The van der Waals surface area contributed by atoms with E-state index < -0.39 is 10.0 Å². The SMILES string of the molecule is CCCCC(C)NS(=O)(=O)c1cc(Cl)cc(CN)c1C.